The molecule has 2 aliphatic rings. The van der Waals surface area contributed by atoms with E-state index < -0.39 is 0 Å². The van der Waals surface area contributed by atoms with Crippen molar-refractivity contribution in [3.63, 3.8) is 0 Å². The Hall–Kier alpha value is -1.36. The van der Waals surface area contributed by atoms with Crippen LogP contribution in [0, 0.1) is 5.92 Å². The smallest absolute Gasteiger partial charge is 0.257 e. The molecule has 1 aromatic heterocycles. The summed E-state index contributed by atoms with van der Waals surface area (Å²) in [6, 6.07) is 0.467. The Balaban J connectivity index is 1.74. The third kappa shape index (κ3) is 3.46. The van der Waals surface area contributed by atoms with E-state index in [0.717, 1.165) is 43.2 Å². The van der Waals surface area contributed by atoms with Crippen LogP contribution in [0.1, 0.15) is 48.7 Å². The number of nitrogens with one attached hydrogen (secondary N) is 1. The molecule has 1 saturated carbocycles. The van der Waals surface area contributed by atoms with Gasteiger partial charge in [0.1, 0.15) is 0 Å². The number of amides is 1. The van der Waals surface area contributed by atoms with Gasteiger partial charge in [0.15, 0.2) is 0 Å². The minimum Gasteiger partial charge on any atom is -0.337 e. The predicted molar refractivity (Wildman–Crippen MR) is 82.2 cm³/mol. The number of rotatable bonds is 6. The number of aromatic nitrogens is 2. The first kappa shape index (κ1) is 14.6. The Labute approximate surface area is 126 Å². The van der Waals surface area contributed by atoms with Gasteiger partial charge in [-0.1, -0.05) is 6.92 Å². The van der Waals surface area contributed by atoms with Crippen LogP contribution in [0.3, 0.4) is 0 Å². The highest BCUT2D eigenvalue weighted by Gasteiger charge is 2.30. The average molecular weight is 290 g/mol. The number of hydrogen-bond donors (Lipinski definition) is 1. The fourth-order valence-corrected chi connectivity index (χ4v) is 3.18. The van der Waals surface area contributed by atoms with Crippen molar-refractivity contribution in [3.8, 4) is 0 Å². The molecule has 1 aliphatic heterocycles. The maximum absolute atomic E-state index is 12.9. The molecule has 2 fully saturated rings. The SMILES string of the molecule is CCc1nn(C)cc1C(=O)N(CC1CC1)CC1CCCN1. The molecule has 2 heterocycles. The molecule has 21 heavy (non-hydrogen) atoms. The molecule has 3 rings (SSSR count). The summed E-state index contributed by atoms with van der Waals surface area (Å²) < 4.78 is 1.76. The molecular weight excluding hydrogens is 264 g/mol. The standard InChI is InChI=1S/C16H26N4O/c1-3-15-14(11-19(2)18-15)16(21)20(9-12-6-7-12)10-13-5-4-8-17-13/h11-13,17H,3-10H2,1-2H3. The Morgan fingerprint density at radius 3 is 2.86 bits per heavy atom. The van der Waals surface area contributed by atoms with Crippen LogP contribution in [-0.4, -0.2) is 46.3 Å². The first-order chi connectivity index (χ1) is 10.2. The highest BCUT2D eigenvalue weighted by Crippen LogP contribution is 2.30. The van der Waals surface area contributed by atoms with Crippen molar-refractivity contribution in [2.45, 2.75) is 45.1 Å². The minimum atomic E-state index is 0.167. The molecule has 0 aromatic carbocycles. The van der Waals surface area contributed by atoms with Gasteiger partial charge in [-0.15, -0.1) is 0 Å². The summed E-state index contributed by atoms with van der Waals surface area (Å²) in [7, 11) is 1.89. The van der Waals surface area contributed by atoms with Crippen LogP contribution >= 0.6 is 0 Å². The molecule has 0 bridgehead atoms. The van der Waals surface area contributed by atoms with Gasteiger partial charge in [0.2, 0.25) is 0 Å². The van der Waals surface area contributed by atoms with Crippen molar-refractivity contribution in [1.82, 2.24) is 20.0 Å². The van der Waals surface area contributed by atoms with Crippen molar-refractivity contribution in [1.29, 1.82) is 0 Å². The van der Waals surface area contributed by atoms with E-state index in [1.807, 2.05) is 13.2 Å². The van der Waals surface area contributed by atoms with Crippen LogP contribution in [0.4, 0.5) is 0 Å². The van der Waals surface area contributed by atoms with Crippen LogP contribution in [0.15, 0.2) is 6.20 Å². The average Bonchev–Trinajstić information content (AvgIpc) is 2.99. The summed E-state index contributed by atoms with van der Waals surface area (Å²) in [4.78, 5) is 15.0. The van der Waals surface area contributed by atoms with Gasteiger partial charge in [0, 0.05) is 32.4 Å². The number of carbonyl (C=O) groups is 1. The summed E-state index contributed by atoms with van der Waals surface area (Å²) in [6.07, 6.45) is 7.64. The van der Waals surface area contributed by atoms with Gasteiger partial charge in [0.25, 0.3) is 5.91 Å². The number of nitrogens with zero attached hydrogens (tertiary/aromatic N) is 3. The van der Waals surface area contributed by atoms with Crippen molar-refractivity contribution < 1.29 is 4.79 Å². The topological polar surface area (TPSA) is 50.2 Å². The summed E-state index contributed by atoms with van der Waals surface area (Å²) in [5.74, 6) is 0.887. The monoisotopic (exact) mass is 290 g/mol. The third-order valence-corrected chi connectivity index (χ3v) is 4.54. The van der Waals surface area contributed by atoms with E-state index in [0.29, 0.717) is 6.04 Å². The Kier molecular flexibility index (Phi) is 4.29. The molecular formula is C16H26N4O. The van der Waals surface area contributed by atoms with Gasteiger partial charge in [-0.3, -0.25) is 9.48 Å². The van der Waals surface area contributed by atoms with Crippen LogP contribution in [-0.2, 0) is 13.5 Å². The lowest BCUT2D eigenvalue weighted by Gasteiger charge is -2.26. The molecule has 116 valence electrons. The van der Waals surface area contributed by atoms with Gasteiger partial charge in [-0.25, -0.2) is 0 Å². The lowest BCUT2D eigenvalue weighted by Crippen LogP contribution is -2.42. The Morgan fingerprint density at radius 1 is 1.43 bits per heavy atom. The van der Waals surface area contributed by atoms with Crippen molar-refractivity contribution >= 4 is 5.91 Å². The molecule has 1 aliphatic carbocycles. The zero-order chi connectivity index (χ0) is 14.8. The van der Waals surface area contributed by atoms with Crippen LogP contribution in [0.5, 0.6) is 0 Å². The zero-order valence-corrected chi connectivity index (χ0v) is 13.1. The van der Waals surface area contributed by atoms with Crippen LogP contribution in [0.2, 0.25) is 0 Å². The van der Waals surface area contributed by atoms with Gasteiger partial charge >= 0.3 is 0 Å². The summed E-state index contributed by atoms with van der Waals surface area (Å²) >= 11 is 0. The Bertz CT molecular complexity index is 500. The summed E-state index contributed by atoms with van der Waals surface area (Å²) in [6.45, 7) is 4.90. The van der Waals surface area contributed by atoms with E-state index in [4.69, 9.17) is 0 Å². The molecule has 1 saturated heterocycles. The highest BCUT2D eigenvalue weighted by atomic mass is 16.2. The van der Waals surface area contributed by atoms with E-state index in [1.54, 1.807) is 4.68 Å². The normalized spacial score (nSPS) is 21.7. The van der Waals surface area contributed by atoms with Crippen LogP contribution in [0.25, 0.3) is 0 Å². The molecule has 1 amide bonds. The van der Waals surface area contributed by atoms with E-state index in [1.165, 1.54) is 25.7 Å². The van der Waals surface area contributed by atoms with E-state index in [-0.39, 0.29) is 5.91 Å². The number of hydrogen-bond acceptors (Lipinski definition) is 3. The fraction of sp³-hybridized carbons (Fsp3) is 0.750. The largest absolute Gasteiger partial charge is 0.337 e. The van der Waals surface area contributed by atoms with Crippen molar-refractivity contribution in [2.24, 2.45) is 13.0 Å². The maximum atomic E-state index is 12.9. The number of carbonyl (C=O) groups excluding carboxylic acids is 1. The third-order valence-electron chi connectivity index (χ3n) is 4.54. The van der Waals surface area contributed by atoms with E-state index in [9.17, 15) is 4.79 Å². The molecule has 5 heteroatoms. The second-order valence-corrected chi connectivity index (χ2v) is 6.46. The molecule has 5 nitrogen and oxygen atoms in total. The van der Waals surface area contributed by atoms with Gasteiger partial charge in [-0.2, -0.15) is 5.10 Å². The molecule has 0 radical (unpaired) electrons. The zero-order valence-electron chi connectivity index (χ0n) is 13.1. The summed E-state index contributed by atoms with van der Waals surface area (Å²) in [5.41, 5.74) is 1.71. The van der Waals surface area contributed by atoms with E-state index in [2.05, 4.69) is 22.2 Å². The predicted octanol–water partition coefficient (Wildman–Crippen LogP) is 1.59. The lowest BCUT2D eigenvalue weighted by molar-refractivity contribution is 0.0732. The number of aryl methyl sites for hydroxylation is 2. The molecule has 1 aromatic rings. The van der Waals surface area contributed by atoms with Gasteiger partial charge < -0.3 is 10.2 Å². The van der Waals surface area contributed by atoms with Crippen molar-refractivity contribution in [2.75, 3.05) is 19.6 Å². The molecule has 1 atom stereocenters. The second kappa shape index (κ2) is 6.18. The van der Waals surface area contributed by atoms with Gasteiger partial charge in [-0.05, 0) is 44.6 Å². The maximum Gasteiger partial charge on any atom is 0.257 e. The van der Waals surface area contributed by atoms with Crippen LogP contribution < -0.4 is 5.32 Å². The first-order valence-corrected chi connectivity index (χ1v) is 8.22. The first-order valence-electron chi connectivity index (χ1n) is 8.22. The molecule has 1 unspecified atom stereocenters. The Morgan fingerprint density at radius 2 is 2.24 bits per heavy atom. The quantitative estimate of drug-likeness (QED) is 0.865. The van der Waals surface area contributed by atoms with Crippen molar-refractivity contribution in [3.05, 3.63) is 17.5 Å². The lowest BCUT2D eigenvalue weighted by atomic mass is 10.1. The molecule has 1 N–H and O–H groups in total. The van der Waals surface area contributed by atoms with Gasteiger partial charge in [0.05, 0.1) is 11.3 Å². The van der Waals surface area contributed by atoms with E-state index >= 15 is 0 Å². The minimum absolute atomic E-state index is 0.167. The highest BCUT2D eigenvalue weighted by molar-refractivity contribution is 5.95. The second-order valence-electron chi connectivity index (χ2n) is 6.46. The fourth-order valence-electron chi connectivity index (χ4n) is 3.18. The summed E-state index contributed by atoms with van der Waals surface area (Å²) in [5, 5.41) is 7.92. The molecule has 0 spiro atoms.